The van der Waals surface area contributed by atoms with Gasteiger partial charge >= 0.3 is 0 Å². The van der Waals surface area contributed by atoms with Gasteiger partial charge in [0.1, 0.15) is 0 Å². The quantitative estimate of drug-likeness (QED) is 0.860. The molecule has 0 aliphatic carbocycles. The Bertz CT molecular complexity index is 602. The van der Waals surface area contributed by atoms with Crippen LogP contribution in [0.25, 0.3) is 0 Å². The number of nitrogens with zero attached hydrogens (tertiary/aromatic N) is 2. The fraction of sp³-hybridized carbons (Fsp3) is 0.600. The SMILES string of the molecule is CCN1CCC(N(C)C(=O)CCc2cccc(C(=O)NC)c2)C(C)C1. The third-order valence-corrected chi connectivity index (χ3v) is 5.33. The van der Waals surface area contributed by atoms with E-state index in [-0.39, 0.29) is 11.8 Å². The molecule has 25 heavy (non-hydrogen) atoms. The van der Waals surface area contributed by atoms with Crippen molar-refractivity contribution in [1.82, 2.24) is 15.1 Å². The zero-order valence-electron chi connectivity index (χ0n) is 15.9. The van der Waals surface area contributed by atoms with Crippen molar-refractivity contribution in [3.8, 4) is 0 Å². The van der Waals surface area contributed by atoms with Crippen molar-refractivity contribution in [2.75, 3.05) is 33.7 Å². The molecule has 2 unspecified atom stereocenters. The summed E-state index contributed by atoms with van der Waals surface area (Å²) in [7, 11) is 3.56. The molecule has 0 bridgehead atoms. The van der Waals surface area contributed by atoms with E-state index in [9.17, 15) is 9.59 Å². The number of benzene rings is 1. The maximum absolute atomic E-state index is 12.6. The summed E-state index contributed by atoms with van der Waals surface area (Å²) in [6.45, 7) is 7.64. The van der Waals surface area contributed by atoms with Crippen molar-refractivity contribution in [2.24, 2.45) is 5.92 Å². The number of amides is 2. The molecule has 1 saturated heterocycles. The number of rotatable bonds is 6. The van der Waals surface area contributed by atoms with E-state index in [0.717, 1.165) is 31.6 Å². The first kappa shape index (κ1) is 19.4. The Balaban J connectivity index is 1.90. The van der Waals surface area contributed by atoms with Gasteiger partial charge in [-0.1, -0.05) is 26.0 Å². The van der Waals surface area contributed by atoms with Crippen LogP contribution < -0.4 is 5.32 Å². The van der Waals surface area contributed by atoms with Crippen molar-refractivity contribution in [2.45, 2.75) is 39.2 Å². The predicted octanol–water partition coefficient (Wildman–Crippen LogP) is 2.17. The Morgan fingerprint density at radius 3 is 2.76 bits per heavy atom. The van der Waals surface area contributed by atoms with Gasteiger partial charge in [-0.15, -0.1) is 0 Å². The molecule has 1 heterocycles. The minimum Gasteiger partial charge on any atom is -0.355 e. The average molecular weight is 345 g/mol. The molecule has 1 aliphatic heterocycles. The van der Waals surface area contributed by atoms with Crippen molar-refractivity contribution < 1.29 is 9.59 Å². The summed E-state index contributed by atoms with van der Waals surface area (Å²) < 4.78 is 0. The lowest BCUT2D eigenvalue weighted by Gasteiger charge is -2.41. The molecule has 1 N–H and O–H groups in total. The Labute approximate surface area is 151 Å². The minimum absolute atomic E-state index is 0.0956. The summed E-state index contributed by atoms with van der Waals surface area (Å²) in [5.41, 5.74) is 1.66. The van der Waals surface area contributed by atoms with Gasteiger partial charge in [-0.2, -0.15) is 0 Å². The lowest BCUT2D eigenvalue weighted by molar-refractivity contribution is -0.134. The van der Waals surface area contributed by atoms with Crippen LogP contribution in [-0.2, 0) is 11.2 Å². The third-order valence-electron chi connectivity index (χ3n) is 5.33. The largest absolute Gasteiger partial charge is 0.355 e. The highest BCUT2D eigenvalue weighted by atomic mass is 16.2. The highest BCUT2D eigenvalue weighted by Crippen LogP contribution is 2.22. The summed E-state index contributed by atoms with van der Waals surface area (Å²) >= 11 is 0. The number of piperidine rings is 1. The van der Waals surface area contributed by atoms with Crippen molar-refractivity contribution >= 4 is 11.8 Å². The van der Waals surface area contributed by atoms with Crippen LogP contribution in [0.2, 0.25) is 0 Å². The summed E-state index contributed by atoms with van der Waals surface area (Å²) in [6.07, 6.45) is 2.19. The molecule has 1 aromatic rings. The second kappa shape index (κ2) is 8.99. The van der Waals surface area contributed by atoms with Crippen molar-refractivity contribution in [1.29, 1.82) is 0 Å². The van der Waals surface area contributed by atoms with Gasteiger partial charge in [0.2, 0.25) is 5.91 Å². The van der Waals surface area contributed by atoms with E-state index in [4.69, 9.17) is 0 Å². The van der Waals surface area contributed by atoms with Gasteiger partial charge in [0.05, 0.1) is 0 Å². The van der Waals surface area contributed by atoms with Crippen LogP contribution in [0, 0.1) is 5.92 Å². The van der Waals surface area contributed by atoms with Gasteiger partial charge in [0.25, 0.3) is 5.91 Å². The van der Waals surface area contributed by atoms with E-state index in [1.807, 2.05) is 30.1 Å². The summed E-state index contributed by atoms with van der Waals surface area (Å²) in [5.74, 6) is 0.591. The van der Waals surface area contributed by atoms with Crippen LogP contribution in [0.15, 0.2) is 24.3 Å². The molecular weight excluding hydrogens is 314 g/mol. The minimum atomic E-state index is -0.0956. The molecule has 5 heteroatoms. The standard InChI is InChI=1S/C20H31N3O2/c1-5-23-12-11-18(15(2)14-23)22(4)19(24)10-9-16-7-6-8-17(13-16)20(25)21-3/h6-8,13,15,18H,5,9-12,14H2,1-4H3,(H,21,25). The van der Waals surface area contributed by atoms with Gasteiger partial charge in [-0.05, 0) is 43.0 Å². The van der Waals surface area contributed by atoms with Crippen molar-refractivity contribution in [3.63, 3.8) is 0 Å². The van der Waals surface area contributed by atoms with Gasteiger partial charge < -0.3 is 15.1 Å². The van der Waals surface area contributed by atoms with E-state index >= 15 is 0 Å². The zero-order chi connectivity index (χ0) is 18.4. The molecule has 2 amide bonds. The van der Waals surface area contributed by atoms with Gasteiger partial charge in [0.15, 0.2) is 0 Å². The van der Waals surface area contributed by atoms with Gasteiger partial charge in [-0.3, -0.25) is 9.59 Å². The average Bonchev–Trinajstić information content (AvgIpc) is 2.64. The van der Waals surface area contributed by atoms with Crippen LogP contribution in [0.3, 0.4) is 0 Å². The fourth-order valence-electron chi connectivity index (χ4n) is 3.71. The molecule has 0 aromatic heterocycles. The number of hydrogen-bond donors (Lipinski definition) is 1. The van der Waals surface area contributed by atoms with Crippen LogP contribution >= 0.6 is 0 Å². The Kier molecular flexibility index (Phi) is 7.00. The first-order chi connectivity index (χ1) is 12.0. The fourth-order valence-corrected chi connectivity index (χ4v) is 3.71. The van der Waals surface area contributed by atoms with Gasteiger partial charge in [0, 0.05) is 45.2 Å². The molecule has 0 spiro atoms. The Morgan fingerprint density at radius 2 is 2.12 bits per heavy atom. The highest BCUT2D eigenvalue weighted by Gasteiger charge is 2.30. The second-order valence-electron chi connectivity index (χ2n) is 7.01. The normalized spacial score (nSPS) is 21.0. The smallest absolute Gasteiger partial charge is 0.251 e. The van der Waals surface area contributed by atoms with E-state index in [1.54, 1.807) is 13.1 Å². The van der Waals surface area contributed by atoms with E-state index in [0.29, 0.717) is 30.4 Å². The number of hydrogen-bond acceptors (Lipinski definition) is 3. The molecule has 0 radical (unpaired) electrons. The summed E-state index contributed by atoms with van der Waals surface area (Å²) in [5, 5.41) is 2.63. The topological polar surface area (TPSA) is 52.7 Å². The lowest BCUT2D eigenvalue weighted by atomic mass is 9.92. The Morgan fingerprint density at radius 1 is 1.36 bits per heavy atom. The summed E-state index contributed by atoms with van der Waals surface area (Å²) in [6, 6.07) is 7.83. The molecule has 1 fully saturated rings. The van der Waals surface area contributed by atoms with Crippen LogP contribution in [0.4, 0.5) is 0 Å². The van der Waals surface area contributed by atoms with Crippen molar-refractivity contribution in [3.05, 3.63) is 35.4 Å². The molecule has 0 saturated carbocycles. The molecule has 2 rings (SSSR count). The zero-order valence-corrected chi connectivity index (χ0v) is 15.9. The highest BCUT2D eigenvalue weighted by molar-refractivity contribution is 5.94. The van der Waals surface area contributed by atoms with E-state index < -0.39 is 0 Å². The third kappa shape index (κ3) is 5.05. The monoisotopic (exact) mass is 345 g/mol. The van der Waals surface area contributed by atoms with Crippen LogP contribution in [0.5, 0.6) is 0 Å². The molecular formula is C20H31N3O2. The number of carbonyl (C=O) groups is 2. The maximum Gasteiger partial charge on any atom is 0.251 e. The van der Waals surface area contributed by atoms with E-state index in [1.165, 1.54) is 0 Å². The first-order valence-electron chi connectivity index (χ1n) is 9.25. The molecule has 2 atom stereocenters. The lowest BCUT2D eigenvalue weighted by Crippen LogP contribution is -2.50. The van der Waals surface area contributed by atoms with Crippen LogP contribution in [0.1, 0.15) is 42.6 Å². The molecule has 1 aliphatic rings. The first-order valence-corrected chi connectivity index (χ1v) is 9.25. The Hall–Kier alpha value is -1.88. The summed E-state index contributed by atoms with van der Waals surface area (Å²) in [4.78, 5) is 28.7. The predicted molar refractivity (Wildman–Crippen MR) is 101 cm³/mol. The second-order valence-corrected chi connectivity index (χ2v) is 7.01. The van der Waals surface area contributed by atoms with E-state index in [2.05, 4.69) is 24.1 Å². The maximum atomic E-state index is 12.6. The number of aryl methyl sites for hydroxylation is 1. The van der Waals surface area contributed by atoms with Crippen LogP contribution in [-0.4, -0.2) is 61.4 Å². The number of likely N-dealkylation sites (tertiary alicyclic amines) is 1. The molecule has 138 valence electrons. The molecule has 5 nitrogen and oxygen atoms in total. The number of nitrogens with one attached hydrogen (secondary N) is 1. The number of carbonyl (C=O) groups excluding carboxylic acids is 2. The molecule has 1 aromatic carbocycles. The van der Waals surface area contributed by atoms with Gasteiger partial charge in [-0.25, -0.2) is 0 Å².